The number of likely N-dealkylation sites (tertiary alicyclic amines) is 1. The number of carbonyl (C=O) groups is 1. The van der Waals surface area contributed by atoms with Crippen molar-refractivity contribution in [1.82, 2.24) is 14.7 Å². The zero-order valence-electron chi connectivity index (χ0n) is 13.8. The first-order chi connectivity index (χ1) is 9.90. The third-order valence-electron chi connectivity index (χ3n) is 4.45. The van der Waals surface area contributed by atoms with E-state index in [4.69, 9.17) is 0 Å². The largest absolute Gasteiger partial charge is 0.389 e. The van der Waals surface area contributed by atoms with Crippen molar-refractivity contribution >= 4 is 5.91 Å². The Morgan fingerprint density at radius 2 is 1.86 bits per heavy atom. The molecule has 2 saturated heterocycles. The lowest BCUT2D eigenvalue weighted by Crippen LogP contribution is -2.55. The van der Waals surface area contributed by atoms with E-state index in [0.29, 0.717) is 12.5 Å². The third kappa shape index (κ3) is 4.66. The van der Waals surface area contributed by atoms with Crippen molar-refractivity contribution in [2.24, 2.45) is 0 Å². The van der Waals surface area contributed by atoms with E-state index < -0.39 is 5.60 Å². The van der Waals surface area contributed by atoms with Gasteiger partial charge >= 0.3 is 0 Å². The number of rotatable bonds is 5. The van der Waals surface area contributed by atoms with Crippen molar-refractivity contribution in [1.29, 1.82) is 0 Å². The van der Waals surface area contributed by atoms with E-state index in [0.717, 1.165) is 58.5 Å². The standard InChI is InChI=1S/C16H31N3O2/c1-4-7-18-8-5-6-14(18)15(20)19-11-9-17(10-12-19)13-16(2,3)21/h14,21H,4-13H2,1-3H3/t14-/m0/s1. The van der Waals surface area contributed by atoms with Gasteiger partial charge in [0, 0.05) is 32.7 Å². The Labute approximate surface area is 128 Å². The number of nitrogens with zero attached hydrogens (tertiary/aromatic N) is 3. The average Bonchev–Trinajstić information content (AvgIpc) is 2.86. The number of amides is 1. The van der Waals surface area contributed by atoms with Gasteiger partial charge in [-0.05, 0) is 46.2 Å². The van der Waals surface area contributed by atoms with Gasteiger partial charge in [-0.2, -0.15) is 0 Å². The molecule has 0 radical (unpaired) electrons. The summed E-state index contributed by atoms with van der Waals surface area (Å²) < 4.78 is 0. The molecule has 2 heterocycles. The fourth-order valence-electron chi connectivity index (χ4n) is 3.54. The summed E-state index contributed by atoms with van der Waals surface area (Å²) in [5.74, 6) is 0.323. The van der Waals surface area contributed by atoms with Crippen LogP contribution in [0.1, 0.15) is 40.0 Å². The Morgan fingerprint density at radius 1 is 1.19 bits per heavy atom. The summed E-state index contributed by atoms with van der Waals surface area (Å²) in [7, 11) is 0. The van der Waals surface area contributed by atoms with E-state index in [1.807, 2.05) is 18.7 Å². The molecule has 5 heteroatoms. The lowest BCUT2D eigenvalue weighted by Gasteiger charge is -2.39. The van der Waals surface area contributed by atoms with Gasteiger partial charge in [-0.15, -0.1) is 0 Å². The van der Waals surface area contributed by atoms with Crippen LogP contribution in [0.5, 0.6) is 0 Å². The van der Waals surface area contributed by atoms with Crippen LogP contribution in [0.4, 0.5) is 0 Å². The first-order valence-corrected chi connectivity index (χ1v) is 8.38. The third-order valence-corrected chi connectivity index (χ3v) is 4.45. The van der Waals surface area contributed by atoms with E-state index in [9.17, 15) is 9.90 Å². The lowest BCUT2D eigenvalue weighted by molar-refractivity contribution is -0.138. The van der Waals surface area contributed by atoms with Gasteiger partial charge in [0.05, 0.1) is 11.6 Å². The van der Waals surface area contributed by atoms with Gasteiger partial charge < -0.3 is 10.0 Å². The first kappa shape index (κ1) is 16.7. The Bertz CT molecular complexity index is 346. The van der Waals surface area contributed by atoms with E-state index in [1.54, 1.807) is 0 Å². The highest BCUT2D eigenvalue weighted by molar-refractivity contribution is 5.82. The fraction of sp³-hybridized carbons (Fsp3) is 0.938. The molecule has 2 aliphatic heterocycles. The number of hydrogen-bond donors (Lipinski definition) is 1. The number of piperazine rings is 1. The van der Waals surface area contributed by atoms with Crippen molar-refractivity contribution in [3.05, 3.63) is 0 Å². The predicted molar refractivity (Wildman–Crippen MR) is 84.2 cm³/mol. The van der Waals surface area contributed by atoms with E-state index in [2.05, 4.69) is 16.7 Å². The molecule has 1 N–H and O–H groups in total. The molecule has 0 spiro atoms. The summed E-state index contributed by atoms with van der Waals surface area (Å²) >= 11 is 0. The van der Waals surface area contributed by atoms with Gasteiger partial charge in [0.15, 0.2) is 0 Å². The summed E-state index contributed by atoms with van der Waals surface area (Å²) in [6.07, 6.45) is 3.28. The maximum absolute atomic E-state index is 12.7. The molecule has 122 valence electrons. The molecule has 0 bridgehead atoms. The number of aliphatic hydroxyl groups is 1. The van der Waals surface area contributed by atoms with Crippen LogP contribution in [0.3, 0.4) is 0 Å². The molecule has 1 atom stereocenters. The van der Waals surface area contributed by atoms with Gasteiger partial charge in [0.1, 0.15) is 0 Å². The maximum atomic E-state index is 12.7. The minimum Gasteiger partial charge on any atom is -0.389 e. The summed E-state index contributed by atoms with van der Waals surface area (Å²) in [6.45, 7) is 12.0. The van der Waals surface area contributed by atoms with Crippen LogP contribution >= 0.6 is 0 Å². The zero-order valence-corrected chi connectivity index (χ0v) is 13.8. The van der Waals surface area contributed by atoms with Crippen molar-refractivity contribution in [2.75, 3.05) is 45.8 Å². The van der Waals surface area contributed by atoms with Crippen LogP contribution < -0.4 is 0 Å². The topological polar surface area (TPSA) is 47.0 Å². The van der Waals surface area contributed by atoms with Crippen LogP contribution in [-0.4, -0.2) is 83.2 Å². The number of hydrogen-bond acceptors (Lipinski definition) is 4. The quantitative estimate of drug-likeness (QED) is 0.814. The minimum absolute atomic E-state index is 0.116. The molecule has 0 aromatic heterocycles. The van der Waals surface area contributed by atoms with Crippen LogP contribution in [0.2, 0.25) is 0 Å². The van der Waals surface area contributed by atoms with E-state index in [1.165, 1.54) is 0 Å². The molecule has 2 fully saturated rings. The fourth-order valence-corrected chi connectivity index (χ4v) is 3.54. The molecule has 0 unspecified atom stereocenters. The van der Waals surface area contributed by atoms with Crippen molar-refractivity contribution < 1.29 is 9.90 Å². The molecule has 0 aliphatic carbocycles. The monoisotopic (exact) mass is 297 g/mol. The Morgan fingerprint density at radius 3 is 2.43 bits per heavy atom. The van der Waals surface area contributed by atoms with Gasteiger partial charge in [0.25, 0.3) is 0 Å². The molecule has 21 heavy (non-hydrogen) atoms. The summed E-state index contributed by atoms with van der Waals surface area (Å²) in [5.41, 5.74) is -0.657. The van der Waals surface area contributed by atoms with Gasteiger partial charge in [-0.3, -0.25) is 14.6 Å². The van der Waals surface area contributed by atoms with Crippen molar-refractivity contribution in [2.45, 2.75) is 51.7 Å². The highest BCUT2D eigenvalue weighted by Gasteiger charge is 2.34. The molecular weight excluding hydrogens is 266 g/mol. The molecule has 0 aromatic rings. The van der Waals surface area contributed by atoms with Crippen LogP contribution in [-0.2, 0) is 4.79 Å². The molecule has 0 saturated carbocycles. The highest BCUT2D eigenvalue weighted by atomic mass is 16.3. The molecule has 0 aromatic carbocycles. The second kappa shape index (κ2) is 7.07. The molecule has 1 amide bonds. The maximum Gasteiger partial charge on any atom is 0.240 e. The SMILES string of the molecule is CCCN1CCC[C@H]1C(=O)N1CCN(CC(C)(C)O)CC1. The normalized spacial score (nSPS) is 25.5. The average molecular weight is 297 g/mol. The first-order valence-electron chi connectivity index (χ1n) is 8.38. The Balaban J connectivity index is 1.83. The Hall–Kier alpha value is -0.650. The minimum atomic E-state index is -0.657. The lowest BCUT2D eigenvalue weighted by atomic mass is 10.1. The Kier molecular flexibility index (Phi) is 5.63. The van der Waals surface area contributed by atoms with Crippen molar-refractivity contribution in [3.63, 3.8) is 0 Å². The van der Waals surface area contributed by atoms with Crippen LogP contribution in [0.25, 0.3) is 0 Å². The molecular formula is C16H31N3O2. The summed E-state index contributed by atoms with van der Waals surface area (Å²) in [4.78, 5) is 19.3. The number of β-amino-alcohol motifs (C(OH)–C–C–N with tert-alkyl or cyclic N) is 1. The molecule has 2 aliphatic rings. The van der Waals surface area contributed by atoms with E-state index >= 15 is 0 Å². The summed E-state index contributed by atoms with van der Waals surface area (Å²) in [6, 6.07) is 0.116. The highest BCUT2D eigenvalue weighted by Crippen LogP contribution is 2.20. The summed E-state index contributed by atoms with van der Waals surface area (Å²) in [5, 5.41) is 9.88. The predicted octanol–water partition coefficient (Wildman–Crippen LogP) is 0.776. The van der Waals surface area contributed by atoms with E-state index in [-0.39, 0.29) is 6.04 Å². The van der Waals surface area contributed by atoms with Gasteiger partial charge in [-0.1, -0.05) is 6.92 Å². The van der Waals surface area contributed by atoms with Gasteiger partial charge in [-0.25, -0.2) is 0 Å². The van der Waals surface area contributed by atoms with Crippen molar-refractivity contribution in [3.8, 4) is 0 Å². The number of carbonyl (C=O) groups excluding carboxylic acids is 1. The molecule has 2 rings (SSSR count). The second-order valence-corrected chi connectivity index (χ2v) is 7.11. The molecule has 5 nitrogen and oxygen atoms in total. The second-order valence-electron chi connectivity index (χ2n) is 7.11. The zero-order chi connectivity index (χ0) is 15.5. The van der Waals surface area contributed by atoms with Gasteiger partial charge in [0.2, 0.25) is 5.91 Å². The van der Waals surface area contributed by atoms with Crippen LogP contribution in [0, 0.1) is 0 Å². The smallest absolute Gasteiger partial charge is 0.240 e. The van der Waals surface area contributed by atoms with Crippen LogP contribution in [0.15, 0.2) is 0 Å².